The van der Waals surface area contributed by atoms with Crippen LogP contribution in [0.25, 0.3) is 0 Å². The topological polar surface area (TPSA) is 70.4 Å². The van der Waals surface area contributed by atoms with Crippen molar-refractivity contribution in [3.8, 4) is 0 Å². The zero-order valence-electron chi connectivity index (χ0n) is 14.8. The molecule has 26 heavy (non-hydrogen) atoms. The van der Waals surface area contributed by atoms with Crippen molar-refractivity contribution < 1.29 is 14.3 Å². The van der Waals surface area contributed by atoms with Gasteiger partial charge in [-0.2, -0.15) is 5.10 Å². The lowest BCUT2D eigenvalue weighted by Crippen LogP contribution is -2.38. The lowest BCUT2D eigenvalue weighted by atomic mass is 10.1. The highest BCUT2D eigenvalue weighted by molar-refractivity contribution is 6.30. The SMILES string of the molecule is Cc1nn(CCO)c(C)c1CN[C@@H]1CCN(c2ccc(Cl)c(F)c2)C1=O. The Morgan fingerprint density at radius 1 is 1.42 bits per heavy atom. The molecule has 2 aromatic rings. The number of amides is 1. The zero-order valence-corrected chi connectivity index (χ0v) is 15.6. The molecule has 0 spiro atoms. The molecule has 1 atom stereocenters. The summed E-state index contributed by atoms with van der Waals surface area (Å²) in [5.74, 6) is -0.610. The van der Waals surface area contributed by atoms with E-state index in [1.165, 1.54) is 12.1 Å². The van der Waals surface area contributed by atoms with Crippen LogP contribution in [0.5, 0.6) is 0 Å². The van der Waals surface area contributed by atoms with E-state index in [2.05, 4.69) is 10.4 Å². The molecule has 2 N–H and O–H groups in total. The summed E-state index contributed by atoms with van der Waals surface area (Å²) >= 11 is 5.71. The molecule has 0 saturated carbocycles. The molecule has 0 bridgehead atoms. The van der Waals surface area contributed by atoms with Crippen LogP contribution >= 0.6 is 11.6 Å². The van der Waals surface area contributed by atoms with Gasteiger partial charge in [0.25, 0.3) is 0 Å². The molecule has 1 fully saturated rings. The lowest BCUT2D eigenvalue weighted by molar-refractivity contribution is -0.118. The number of aliphatic hydroxyl groups is 1. The highest BCUT2D eigenvalue weighted by Gasteiger charge is 2.32. The molecule has 8 heteroatoms. The standard InChI is InChI=1S/C18H22ClFN4O2/c1-11-14(12(2)24(22-11)7-8-25)10-21-17-5-6-23(18(17)26)13-3-4-15(19)16(20)9-13/h3-4,9,17,21,25H,5-8,10H2,1-2H3/t17-/m1/s1. The van der Waals surface area contributed by atoms with Crippen LogP contribution in [0.3, 0.4) is 0 Å². The molecular weight excluding hydrogens is 359 g/mol. The number of nitrogens with one attached hydrogen (secondary N) is 1. The fraction of sp³-hybridized carbons (Fsp3) is 0.444. The average Bonchev–Trinajstić information content (AvgIpc) is 3.09. The van der Waals surface area contributed by atoms with Crippen LogP contribution in [0.15, 0.2) is 18.2 Å². The van der Waals surface area contributed by atoms with E-state index in [0.717, 1.165) is 17.0 Å². The monoisotopic (exact) mass is 380 g/mol. The molecule has 1 aliphatic rings. The van der Waals surface area contributed by atoms with Crippen LogP contribution in [-0.4, -0.2) is 40.0 Å². The van der Waals surface area contributed by atoms with Gasteiger partial charge in [0.15, 0.2) is 0 Å². The van der Waals surface area contributed by atoms with Gasteiger partial charge in [0.1, 0.15) is 5.82 Å². The second-order valence-corrected chi connectivity index (χ2v) is 6.81. The normalized spacial score (nSPS) is 17.3. The summed E-state index contributed by atoms with van der Waals surface area (Å²) in [6.45, 7) is 5.39. The molecule has 1 aliphatic heterocycles. The first-order valence-corrected chi connectivity index (χ1v) is 8.93. The van der Waals surface area contributed by atoms with Gasteiger partial charge in [-0.3, -0.25) is 9.48 Å². The number of hydrogen-bond acceptors (Lipinski definition) is 4. The number of aliphatic hydroxyl groups excluding tert-OH is 1. The van der Waals surface area contributed by atoms with Crippen LogP contribution in [0.1, 0.15) is 23.4 Å². The molecule has 0 aliphatic carbocycles. The van der Waals surface area contributed by atoms with Crippen molar-refractivity contribution in [2.45, 2.75) is 39.4 Å². The molecule has 1 saturated heterocycles. The highest BCUT2D eigenvalue weighted by Crippen LogP contribution is 2.26. The molecular formula is C18H22ClFN4O2. The van der Waals surface area contributed by atoms with Gasteiger partial charge in [0.05, 0.1) is 29.9 Å². The molecule has 0 radical (unpaired) electrons. The third-order valence-electron chi connectivity index (χ3n) is 4.79. The van der Waals surface area contributed by atoms with Gasteiger partial charge in [0, 0.05) is 30.0 Å². The van der Waals surface area contributed by atoms with E-state index in [4.69, 9.17) is 16.7 Å². The molecule has 6 nitrogen and oxygen atoms in total. The van der Waals surface area contributed by atoms with Crippen molar-refractivity contribution in [2.75, 3.05) is 18.1 Å². The van der Waals surface area contributed by atoms with Gasteiger partial charge >= 0.3 is 0 Å². The predicted molar refractivity (Wildman–Crippen MR) is 97.8 cm³/mol. The summed E-state index contributed by atoms with van der Waals surface area (Å²) in [4.78, 5) is 14.2. The van der Waals surface area contributed by atoms with Crippen molar-refractivity contribution in [3.63, 3.8) is 0 Å². The van der Waals surface area contributed by atoms with Crippen LogP contribution in [-0.2, 0) is 17.9 Å². The Labute approximate surface area is 156 Å². The smallest absolute Gasteiger partial charge is 0.244 e. The molecule has 2 heterocycles. The van der Waals surface area contributed by atoms with Crippen molar-refractivity contribution in [2.24, 2.45) is 0 Å². The maximum atomic E-state index is 13.7. The van der Waals surface area contributed by atoms with Crippen LogP contribution in [0, 0.1) is 19.7 Å². The second-order valence-electron chi connectivity index (χ2n) is 6.41. The van der Waals surface area contributed by atoms with Crippen LogP contribution < -0.4 is 10.2 Å². The minimum Gasteiger partial charge on any atom is -0.394 e. The summed E-state index contributed by atoms with van der Waals surface area (Å²) in [5, 5.41) is 16.8. The fourth-order valence-corrected chi connectivity index (χ4v) is 3.42. The maximum Gasteiger partial charge on any atom is 0.244 e. The molecule has 1 amide bonds. The number of carbonyl (C=O) groups is 1. The summed E-state index contributed by atoms with van der Waals surface area (Å²) < 4.78 is 15.4. The first-order valence-electron chi connectivity index (χ1n) is 8.56. The van der Waals surface area contributed by atoms with Crippen molar-refractivity contribution in [3.05, 3.63) is 46.0 Å². The number of anilines is 1. The van der Waals surface area contributed by atoms with E-state index >= 15 is 0 Å². The minimum absolute atomic E-state index is 0.0303. The minimum atomic E-state index is -0.532. The first-order chi connectivity index (χ1) is 12.4. The number of benzene rings is 1. The number of halogens is 2. The van der Waals surface area contributed by atoms with Crippen molar-refractivity contribution in [1.82, 2.24) is 15.1 Å². The summed E-state index contributed by atoms with van der Waals surface area (Å²) in [6, 6.07) is 4.07. The number of aryl methyl sites for hydroxylation is 1. The largest absolute Gasteiger partial charge is 0.394 e. The van der Waals surface area contributed by atoms with E-state index in [-0.39, 0.29) is 23.6 Å². The Morgan fingerprint density at radius 2 is 2.19 bits per heavy atom. The number of rotatable bonds is 6. The van der Waals surface area contributed by atoms with Crippen LogP contribution in [0.4, 0.5) is 10.1 Å². The zero-order chi connectivity index (χ0) is 18.8. The molecule has 1 aromatic heterocycles. The Hall–Kier alpha value is -1.96. The molecule has 140 valence electrons. The van der Waals surface area contributed by atoms with Gasteiger partial charge in [-0.1, -0.05) is 11.6 Å². The summed E-state index contributed by atoms with van der Waals surface area (Å²) in [6.07, 6.45) is 0.645. The lowest BCUT2D eigenvalue weighted by Gasteiger charge is -2.17. The highest BCUT2D eigenvalue weighted by atomic mass is 35.5. The van der Waals surface area contributed by atoms with E-state index in [9.17, 15) is 9.18 Å². The van der Waals surface area contributed by atoms with Gasteiger partial charge in [0.2, 0.25) is 5.91 Å². The number of nitrogens with zero attached hydrogens (tertiary/aromatic N) is 3. The van der Waals surface area contributed by atoms with Gasteiger partial charge in [-0.25, -0.2) is 4.39 Å². The number of aromatic nitrogens is 2. The van der Waals surface area contributed by atoms with E-state index in [1.54, 1.807) is 15.6 Å². The Kier molecular flexibility index (Phi) is 5.60. The van der Waals surface area contributed by atoms with E-state index in [0.29, 0.717) is 31.7 Å². The van der Waals surface area contributed by atoms with Crippen LogP contribution in [0.2, 0.25) is 5.02 Å². The van der Waals surface area contributed by atoms with Gasteiger partial charge in [-0.05, 0) is 38.5 Å². The van der Waals surface area contributed by atoms with Crippen molar-refractivity contribution >= 4 is 23.2 Å². The third kappa shape index (κ3) is 3.60. The maximum absolute atomic E-state index is 13.7. The summed E-state index contributed by atoms with van der Waals surface area (Å²) in [5.41, 5.74) is 3.41. The average molecular weight is 381 g/mol. The van der Waals surface area contributed by atoms with Gasteiger partial charge in [-0.15, -0.1) is 0 Å². The Balaban J connectivity index is 1.67. The van der Waals surface area contributed by atoms with E-state index < -0.39 is 5.82 Å². The number of carbonyl (C=O) groups excluding carboxylic acids is 1. The molecule has 0 unspecified atom stereocenters. The Morgan fingerprint density at radius 3 is 2.88 bits per heavy atom. The predicted octanol–water partition coefficient (Wildman–Crippen LogP) is 2.18. The summed E-state index contributed by atoms with van der Waals surface area (Å²) in [7, 11) is 0. The van der Waals surface area contributed by atoms with E-state index in [1.807, 2.05) is 13.8 Å². The molecule has 1 aromatic carbocycles. The third-order valence-corrected chi connectivity index (χ3v) is 5.10. The molecule has 3 rings (SSSR count). The quantitative estimate of drug-likeness (QED) is 0.805. The number of hydrogen-bond donors (Lipinski definition) is 2. The second kappa shape index (κ2) is 7.73. The fourth-order valence-electron chi connectivity index (χ4n) is 3.31. The Bertz CT molecular complexity index is 824. The first kappa shape index (κ1) is 18.8. The van der Waals surface area contributed by atoms with Crippen molar-refractivity contribution in [1.29, 1.82) is 0 Å². The van der Waals surface area contributed by atoms with Gasteiger partial charge < -0.3 is 15.3 Å².